The Morgan fingerprint density at radius 3 is 2.45 bits per heavy atom. The summed E-state index contributed by atoms with van der Waals surface area (Å²) in [7, 11) is 0. The van der Waals surface area contributed by atoms with Gasteiger partial charge in [-0.05, 0) is 35.7 Å². The van der Waals surface area contributed by atoms with Crippen molar-refractivity contribution in [2.75, 3.05) is 6.54 Å². The highest BCUT2D eigenvalue weighted by molar-refractivity contribution is 7.10. The molecular formula is C14H14ClF2NOS. The summed E-state index contributed by atoms with van der Waals surface area (Å²) in [5.41, 5.74) is 0.956. The highest BCUT2D eigenvalue weighted by atomic mass is 35.5. The van der Waals surface area contributed by atoms with Crippen LogP contribution in [-0.2, 0) is 0 Å². The molecule has 2 nitrogen and oxygen atoms in total. The summed E-state index contributed by atoms with van der Waals surface area (Å²) >= 11 is 7.73. The second kappa shape index (κ2) is 7.02. The minimum absolute atomic E-state index is 0.0481. The molecule has 1 unspecified atom stereocenters. The van der Waals surface area contributed by atoms with E-state index >= 15 is 0 Å². The van der Waals surface area contributed by atoms with E-state index in [9.17, 15) is 8.78 Å². The van der Waals surface area contributed by atoms with Crippen molar-refractivity contribution in [3.63, 3.8) is 0 Å². The first-order valence-corrected chi connectivity index (χ1v) is 7.38. The van der Waals surface area contributed by atoms with Crippen LogP contribution in [0.25, 0.3) is 0 Å². The quantitative estimate of drug-likeness (QED) is 0.833. The maximum Gasteiger partial charge on any atom is 0.387 e. The third-order valence-electron chi connectivity index (χ3n) is 2.75. The van der Waals surface area contributed by atoms with E-state index in [0.717, 1.165) is 17.0 Å². The normalized spacial score (nSPS) is 12.7. The number of benzene rings is 1. The van der Waals surface area contributed by atoms with E-state index in [1.165, 1.54) is 12.1 Å². The van der Waals surface area contributed by atoms with Crippen molar-refractivity contribution in [1.29, 1.82) is 0 Å². The maximum atomic E-state index is 12.1. The Bertz CT molecular complexity index is 544. The van der Waals surface area contributed by atoms with Gasteiger partial charge in [0.05, 0.1) is 11.1 Å². The van der Waals surface area contributed by atoms with Crippen LogP contribution in [0, 0.1) is 0 Å². The first-order chi connectivity index (χ1) is 9.61. The lowest BCUT2D eigenvalue weighted by atomic mass is 10.1. The Morgan fingerprint density at radius 1 is 1.25 bits per heavy atom. The number of hydrogen-bond acceptors (Lipinski definition) is 3. The lowest BCUT2D eigenvalue weighted by molar-refractivity contribution is -0.0498. The second-order valence-electron chi connectivity index (χ2n) is 4.07. The van der Waals surface area contributed by atoms with Crippen molar-refractivity contribution in [2.24, 2.45) is 0 Å². The van der Waals surface area contributed by atoms with Crippen LogP contribution in [0.4, 0.5) is 8.78 Å². The first-order valence-electron chi connectivity index (χ1n) is 6.13. The van der Waals surface area contributed by atoms with Gasteiger partial charge in [-0.3, -0.25) is 0 Å². The minimum Gasteiger partial charge on any atom is -0.435 e. The average Bonchev–Trinajstić information content (AvgIpc) is 2.83. The van der Waals surface area contributed by atoms with Crippen LogP contribution >= 0.6 is 22.9 Å². The van der Waals surface area contributed by atoms with Crippen LogP contribution in [0.15, 0.2) is 35.7 Å². The highest BCUT2D eigenvalue weighted by Crippen LogP contribution is 2.33. The summed E-state index contributed by atoms with van der Waals surface area (Å²) in [6, 6.07) is 8.40. The lowest BCUT2D eigenvalue weighted by Gasteiger charge is -2.18. The predicted molar refractivity (Wildman–Crippen MR) is 77.9 cm³/mol. The Labute approximate surface area is 125 Å². The molecule has 0 saturated heterocycles. The van der Waals surface area contributed by atoms with E-state index in [1.54, 1.807) is 23.5 Å². The standard InChI is InChI=1S/C14H14ClF2NOS/c1-2-18-12(13-11(15)7-8-20-13)9-3-5-10(6-4-9)19-14(16)17/h3-8,12,14,18H,2H2,1H3. The van der Waals surface area contributed by atoms with E-state index in [-0.39, 0.29) is 11.8 Å². The van der Waals surface area contributed by atoms with Gasteiger partial charge in [0.25, 0.3) is 0 Å². The zero-order valence-electron chi connectivity index (χ0n) is 10.8. The van der Waals surface area contributed by atoms with Crippen molar-refractivity contribution in [3.05, 3.63) is 51.2 Å². The number of halogens is 3. The minimum atomic E-state index is -2.81. The molecule has 0 aliphatic rings. The molecule has 0 amide bonds. The molecule has 2 aromatic rings. The molecule has 0 fully saturated rings. The molecule has 1 N–H and O–H groups in total. The smallest absolute Gasteiger partial charge is 0.387 e. The largest absolute Gasteiger partial charge is 0.435 e. The molecule has 2 rings (SSSR count). The average molecular weight is 318 g/mol. The molecule has 6 heteroatoms. The van der Waals surface area contributed by atoms with Crippen molar-refractivity contribution in [2.45, 2.75) is 19.6 Å². The van der Waals surface area contributed by atoms with Crippen molar-refractivity contribution in [3.8, 4) is 5.75 Å². The van der Waals surface area contributed by atoms with Crippen molar-refractivity contribution >= 4 is 22.9 Å². The van der Waals surface area contributed by atoms with Crippen molar-refractivity contribution < 1.29 is 13.5 Å². The zero-order chi connectivity index (χ0) is 14.5. The van der Waals surface area contributed by atoms with E-state index < -0.39 is 6.61 Å². The number of hydrogen-bond donors (Lipinski definition) is 1. The molecule has 108 valence electrons. The van der Waals surface area contributed by atoms with Crippen LogP contribution in [0.3, 0.4) is 0 Å². The molecule has 0 saturated carbocycles. The molecular weight excluding hydrogens is 304 g/mol. The topological polar surface area (TPSA) is 21.3 Å². The van der Waals surface area contributed by atoms with Crippen molar-refractivity contribution in [1.82, 2.24) is 5.32 Å². The number of nitrogens with one attached hydrogen (secondary N) is 1. The van der Waals surface area contributed by atoms with E-state index in [0.29, 0.717) is 5.02 Å². The van der Waals surface area contributed by atoms with Crippen LogP contribution < -0.4 is 10.1 Å². The summed E-state index contributed by atoms with van der Waals surface area (Å²) in [4.78, 5) is 1.01. The van der Waals surface area contributed by atoms with Crippen LogP contribution in [0.2, 0.25) is 5.02 Å². The SMILES string of the molecule is CCNC(c1ccc(OC(F)F)cc1)c1sccc1Cl. The molecule has 0 aliphatic carbocycles. The fourth-order valence-electron chi connectivity index (χ4n) is 1.92. The molecule has 1 aromatic heterocycles. The molecule has 0 radical (unpaired) electrons. The number of ether oxygens (including phenoxy) is 1. The molecule has 1 atom stereocenters. The summed E-state index contributed by atoms with van der Waals surface area (Å²) in [6.07, 6.45) is 0. The van der Waals surface area contributed by atoms with Crippen LogP contribution in [-0.4, -0.2) is 13.2 Å². The van der Waals surface area contributed by atoms with Gasteiger partial charge in [0.2, 0.25) is 0 Å². The van der Waals surface area contributed by atoms with Gasteiger partial charge in [0, 0.05) is 4.88 Å². The zero-order valence-corrected chi connectivity index (χ0v) is 12.3. The van der Waals surface area contributed by atoms with Gasteiger partial charge >= 0.3 is 6.61 Å². The molecule has 0 bridgehead atoms. The molecule has 0 spiro atoms. The molecule has 0 aliphatic heterocycles. The third-order valence-corrected chi connectivity index (χ3v) is 4.18. The number of alkyl halides is 2. The monoisotopic (exact) mass is 317 g/mol. The fourth-order valence-corrected chi connectivity index (χ4v) is 3.19. The van der Waals surface area contributed by atoms with Gasteiger partial charge in [0.1, 0.15) is 5.75 Å². The Kier molecular flexibility index (Phi) is 5.34. The summed E-state index contributed by atoms with van der Waals surface area (Å²) in [5.74, 6) is 0.149. The Morgan fingerprint density at radius 2 is 1.95 bits per heavy atom. The maximum absolute atomic E-state index is 12.1. The van der Waals surface area contributed by atoms with Gasteiger partial charge in [-0.25, -0.2) is 0 Å². The molecule has 1 aromatic carbocycles. The van der Waals surface area contributed by atoms with E-state index in [1.807, 2.05) is 18.4 Å². The third kappa shape index (κ3) is 3.69. The van der Waals surface area contributed by atoms with E-state index in [4.69, 9.17) is 11.6 Å². The van der Waals surface area contributed by atoms with Gasteiger partial charge in [-0.1, -0.05) is 30.7 Å². The molecule has 20 heavy (non-hydrogen) atoms. The van der Waals surface area contributed by atoms with Gasteiger partial charge < -0.3 is 10.1 Å². The van der Waals surface area contributed by atoms with E-state index in [2.05, 4.69) is 10.1 Å². The van der Waals surface area contributed by atoms with Gasteiger partial charge in [-0.15, -0.1) is 11.3 Å². The van der Waals surface area contributed by atoms with Crippen LogP contribution in [0.1, 0.15) is 23.4 Å². The molecule has 1 heterocycles. The summed E-state index contributed by atoms with van der Waals surface area (Å²) < 4.78 is 28.6. The Balaban J connectivity index is 2.24. The summed E-state index contributed by atoms with van der Waals surface area (Å²) in [6.45, 7) is -0.0334. The van der Waals surface area contributed by atoms with Crippen LogP contribution in [0.5, 0.6) is 5.75 Å². The first kappa shape index (κ1) is 15.2. The second-order valence-corrected chi connectivity index (χ2v) is 5.43. The van der Waals surface area contributed by atoms with Gasteiger partial charge in [-0.2, -0.15) is 8.78 Å². The Hall–Kier alpha value is -1.17. The predicted octanol–water partition coefficient (Wildman–Crippen LogP) is 4.70. The number of rotatable bonds is 6. The fraction of sp³-hybridized carbons (Fsp3) is 0.286. The number of thiophene rings is 1. The highest BCUT2D eigenvalue weighted by Gasteiger charge is 2.17. The lowest BCUT2D eigenvalue weighted by Crippen LogP contribution is -2.21. The summed E-state index contributed by atoms with van der Waals surface area (Å²) in [5, 5.41) is 5.97. The van der Waals surface area contributed by atoms with Gasteiger partial charge in [0.15, 0.2) is 0 Å².